The maximum atomic E-state index is 12.2. The van der Waals surface area contributed by atoms with Gasteiger partial charge in [0.15, 0.2) is 0 Å². The van der Waals surface area contributed by atoms with Gasteiger partial charge in [0.05, 0.1) is 72.4 Å². The van der Waals surface area contributed by atoms with E-state index in [4.69, 9.17) is 83.9 Å². The van der Waals surface area contributed by atoms with Crippen molar-refractivity contribution < 1.29 is 81.0 Å². The van der Waals surface area contributed by atoms with Gasteiger partial charge in [-0.1, -0.05) is 89.9 Å². The maximum Gasteiger partial charge on any atom is 0.338 e. The third-order valence-corrected chi connectivity index (χ3v) is 10.9. The molecule has 6 rings (SSSR count). The van der Waals surface area contributed by atoms with Crippen LogP contribution in [-0.4, -0.2) is 149 Å². The minimum Gasteiger partial charge on any atom is -0.465 e. The van der Waals surface area contributed by atoms with Gasteiger partial charge >= 0.3 is 11.9 Å². The van der Waals surface area contributed by atoms with E-state index in [9.17, 15) is 61.9 Å². The highest BCUT2D eigenvalue weighted by atomic mass is 35.5. The summed E-state index contributed by atoms with van der Waals surface area (Å²) in [6, 6.07) is 30.3. The summed E-state index contributed by atoms with van der Waals surface area (Å²) in [5, 5.41) is 1.47. The second kappa shape index (κ2) is 80.7. The van der Waals surface area contributed by atoms with Crippen LogP contribution in [0.1, 0.15) is 82.1 Å². The molecule has 0 unspecified atom stereocenters. The summed E-state index contributed by atoms with van der Waals surface area (Å²) in [6.45, 7) is 11.7. The molecule has 1 aliphatic carbocycles. The number of hydrogen-bond acceptors (Lipinski definition) is 28. The maximum absolute atomic E-state index is 12.2. The molecule has 0 spiro atoms. The van der Waals surface area contributed by atoms with Crippen molar-refractivity contribution >= 4 is 183 Å². The van der Waals surface area contributed by atoms with E-state index in [1.165, 1.54) is 136 Å². The van der Waals surface area contributed by atoms with E-state index in [1.54, 1.807) is 86.7 Å². The smallest absolute Gasteiger partial charge is 0.338 e. The van der Waals surface area contributed by atoms with Crippen LogP contribution in [0.15, 0.2) is 188 Å². The second-order valence-electron chi connectivity index (χ2n) is 17.1. The van der Waals surface area contributed by atoms with Gasteiger partial charge in [0.2, 0.25) is 73.0 Å². The van der Waals surface area contributed by atoms with E-state index < -0.39 is 5.97 Å². The highest BCUT2D eigenvalue weighted by Gasteiger charge is 2.11. The van der Waals surface area contributed by atoms with E-state index in [0.29, 0.717) is 93.2 Å². The van der Waals surface area contributed by atoms with Crippen LogP contribution in [0.2, 0.25) is 15.1 Å². The Balaban J connectivity index is -0.000000250. The van der Waals surface area contributed by atoms with Gasteiger partial charge in [-0.25, -0.2) is 91.7 Å². The van der Waals surface area contributed by atoms with Gasteiger partial charge in [-0.3, -0.25) is 4.79 Å². The van der Waals surface area contributed by atoms with Crippen LogP contribution in [0.4, 0.5) is 32.8 Å². The second-order valence-corrected chi connectivity index (χ2v) is 19.3. The summed E-state index contributed by atoms with van der Waals surface area (Å²) in [4.78, 5) is 175. The molecule has 5 aromatic rings. The van der Waals surface area contributed by atoms with E-state index in [2.05, 4.69) is 71.2 Å². The highest BCUT2D eigenvalue weighted by molar-refractivity contribution is 6.35. The molecular weight excluding hydrogens is 1460 g/mol. The van der Waals surface area contributed by atoms with Crippen molar-refractivity contribution in [2.75, 3.05) is 51.8 Å². The van der Waals surface area contributed by atoms with Crippen LogP contribution in [0.3, 0.4) is 0 Å². The molecule has 540 valence electrons. The number of alkyl halides is 3. The number of isocyanates is 12. The molecular formula is C67H67Cl6FN12O16. The number of carbonyl (C=O) groups is 2. The molecule has 0 saturated heterocycles. The Labute approximate surface area is 616 Å². The SMILES string of the molecule is C=CCN=C=O.CC(C)N=C=O.CCOC(=O)CN=C=O.CCOC(=O)c1ccc(N=C=O)cc1.CN=C=O.O=C=NC1CCCCC1.O=C=NCCCCl.O=C=NCCl.O=C=Nc1cc(Cl)cc(Cl)c1.O=C=Nc1ccc(CCl)cc1.O=C=Nc1ccc(F)cc1.O=C=Nc1cccc(Cl)c1. The minimum atomic E-state index is -0.499. The number of halogens is 7. The van der Waals surface area contributed by atoms with Crippen LogP contribution in [0, 0.1) is 5.82 Å². The lowest BCUT2D eigenvalue weighted by atomic mass is 9.96. The third kappa shape index (κ3) is 74.8. The summed E-state index contributed by atoms with van der Waals surface area (Å²) < 4.78 is 21.4. The highest BCUT2D eigenvalue weighted by Crippen LogP contribution is 2.24. The van der Waals surface area contributed by atoms with E-state index in [-0.39, 0.29) is 30.4 Å². The molecule has 0 N–H and O–H groups in total. The molecule has 0 atom stereocenters. The van der Waals surface area contributed by atoms with E-state index >= 15 is 0 Å². The normalized spacial score (nSPS) is 9.11. The molecule has 1 aliphatic rings. The topological polar surface area (TPSA) is 406 Å². The van der Waals surface area contributed by atoms with Crippen molar-refractivity contribution in [3.05, 3.63) is 160 Å². The van der Waals surface area contributed by atoms with Crippen LogP contribution in [0.25, 0.3) is 0 Å². The predicted molar refractivity (Wildman–Crippen MR) is 384 cm³/mol. The van der Waals surface area contributed by atoms with Crippen molar-refractivity contribution in [1.82, 2.24) is 0 Å². The number of ether oxygens (including phenoxy) is 2. The molecule has 0 bridgehead atoms. The summed E-state index contributed by atoms with van der Waals surface area (Å²) >= 11 is 32.5. The van der Waals surface area contributed by atoms with Gasteiger partial charge in [-0.15, -0.1) is 29.8 Å². The molecule has 5 aromatic carbocycles. The summed E-state index contributed by atoms with van der Waals surface area (Å²) in [6.07, 6.45) is 25.0. The lowest BCUT2D eigenvalue weighted by Crippen LogP contribution is -2.08. The third-order valence-electron chi connectivity index (χ3n) is 9.49. The molecule has 28 nitrogen and oxygen atoms in total. The quantitative estimate of drug-likeness (QED) is 0.0141. The van der Waals surface area contributed by atoms with E-state index in [1.807, 2.05) is 26.0 Å². The fraction of sp³-hybridized carbons (Fsp3) is 0.313. The zero-order valence-corrected chi connectivity index (χ0v) is 59.9. The zero-order valence-electron chi connectivity index (χ0n) is 55.4. The van der Waals surface area contributed by atoms with Crippen LogP contribution >= 0.6 is 69.6 Å². The number of hydrogen-bond donors (Lipinski definition) is 0. The molecule has 0 aromatic heterocycles. The van der Waals surface area contributed by atoms with Gasteiger partial charge in [-0.2, -0.15) is 34.9 Å². The molecule has 0 heterocycles. The number of nitrogens with zero attached hydrogens (tertiary/aromatic N) is 12. The Morgan fingerprint density at radius 2 is 1.00 bits per heavy atom. The van der Waals surface area contributed by atoms with Crippen molar-refractivity contribution in [3.8, 4) is 0 Å². The predicted octanol–water partition coefficient (Wildman–Crippen LogP) is 15.5. The lowest BCUT2D eigenvalue weighted by Gasteiger charge is -2.14. The number of esters is 2. The molecule has 1 saturated carbocycles. The molecule has 102 heavy (non-hydrogen) atoms. The Morgan fingerprint density at radius 1 is 0.539 bits per heavy atom. The van der Waals surface area contributed by atoms with Gasteiger partial charge in [0.1, 0.15) is 18.4 Å². The first-order chi connectivity index (χ1) is 49.2. The number of rotatable bonds is 19. The average Bonchev–Trinajstić information content (AvgIpc) is 0.934. The largest absolute Gasteiger partial charge is 0.465 e. The molecule has 0 aliphatic heterocycles. The van der Waals surface area contributed by atoms with Crippen molar-refractivity contribution in [3.63, 3.8) is 0 Å². The van der Waals surface area contributed by atoms with Crippen molar-refractivity contribution in [2.24, 2.45) is 59.9 Å². The average molecular weight is 1530 g/mol. The van der Waals surface area contributed by atoms with Crippen LogP contribution in [0.5, 0.6) is 0 Å². The Hall–Kier alpha value is -11.0. The van der Waals surface area contributed by atoms with Crippen molar-refractivity contribution in [1.29, 1.82) is 0 Å². The Bertz CT molecular complexity index is 3740. The Kier molecular flexibility index (Phi) is 80.7. The van der Waals surface area contributed by atoms with Gasteiger partial charge in [0.25, 0.3) is 0 Å². The Morgan fingerprint density at radius 3 is 1.36 bits per heavy atom. The van der Waals surface area contributed by atoms with E-state index in [0.717, 1.165) is 24.8 Å². The summed E-state index contributed by atoms with van der Waals surface area (Å²) in [5.74, 6) is -0.184. The first-order valence-electron chi connectivity index (χ1n) is 28.6. The molecule has 35 heteroatoms. The standard InChI is InChI=1S/C10H9NO3.C8H6ClNO.C7H3Cl2NO.C7H4ClNO.C7H4FNO.C7H11NO.C5H7NO3.C4H6ClNO.C4H7NO.C4H5NO.C2H2ClNO.C2H3NO/c1-2-14-10(13)8-3-5-9(6-4-8)11-7-12;9-5-7-1-3-8(4-2-7)10-6-11;8-5-1-6(9)3-7(2-5)10-4-11;8-6-2-1-3-7(4-6)9-5-10;8-6-1-3-7(4-2-6)9-5-10;9-6-8-7-4-2-1-3-5-7;1-2-9-5(8)3-6-4-7;5-2-1-3-6-4-7;1-4(2)5-3-6;1-2-3-5-4-6;3-1-4-2-5;1-3-2-4/h3-6H,2H2,1H3;1-4H,5H2;1-3H;2*1-4H;7H,1-5H2;2-3H2,1H3;1-3H2;4H,1-2H3;2H,1,3H2;1H2;1H3. The number of carbonyl (C=O) groups excluding carboxylic acids is 14. The minimum absolute atomic E-state index is 0.0174. The van der Waals surface area contributed by atoms with Gasteiger partial charge in [-0.05, 0) is 150 Å². The van der Waals surface area contributed by atoms with Gasteiger partial charge < -0.3 is 9.47 Å². The molecule has 1 fully saturated rings. The van der Waals surface area contributed by atoms with Crippen molar-refractivity contribution in [2.45, 2.75) is 84.2 Å². The zero-order chi connectivity index (χ0) is 78.1. The molecule has 0 radical (unpaired) electrons. The number of aliphatic imine (C=N–C) groups is 12. The monoisotopic (exact) mass is 1520 g/mol. The van der Waals surface area contributed by atoms with Crippen LogP contribution < -0.4 is 0 Å². The van der Waals surface area contributed by atoms with Gasteiger partial charge in [0, 0.05) is 33.9 Å². The summed E-state index contributed by atoms with van der Waals surface area (Å²) in [5.41, 5.74) is 3.88. The lowest BCUT2D eigenvalue weighted by molar-refractivity contribution is -0.141. The van der Waals surface area contributed by atoms with Crippen LogP contribution in [-0.2, 0) is 77.7 Å². The summed E-state index contributed by atoms with van der Waals surface area (Å²) in [7, 11) is 1.38. The first-order valence-corrected chi connectivity index (χ1v) is 31.3. The fourth-order valence-corrected chi connectivity index (χ4v) is 6.52. The fourth-order valence-electron chi connectivity index (χ4n) is 5.48. The number of benzene rings is 5. The first kappa shape index (κ1) is 102. The molecule has 0 amide bonds.